The van der Waals surface area contributed by atoms with Crippen molar-refractivity contribution in [1.29, 1.82) is 0 Å². The highest BCUT2D eigenvalue weighted by Gasteiger charge is 2.16. The van der Waals surface area contributed by atoms with Crippen LogP contribution in [0.15, 0.2) is 18.2 Å². The zero-order chi connectivity index (χ0) is 13.0. The number of hydrogen-bond donors (Lipinski definition) is 3. The van der Waals surface area contributed by atoms with E-state index in [1.54, 1.807) is 0 Å². The van der Waals surface area contributed by atoms with Crippen LogP contribution >= 0.6 is 11.6 Å². The molecule has 0 saturated carbocycles. The molecule has 0 fully saturated rings. The number of nitrogens with one attached hydrogen (secondary N) is 1. The van der Waals surface area contributed by atoms with Crippen molar-refractivity contribution in [3.63, 3.8) is 0 Å². The molecular formula is C10H10ClFN2O3. The molecular weight excluding hydrogens is 251 g/mol. The third-order valence-electron chi connectivity index (χ3n) is 1.93. The number of rotatable bonds is 4. The molecule has 0 aliphatic carbocycles. The zero-order valence-corrected chi connectivity index (χ0v) is 9.37. The number of hydrogen-bond acceptors (Lipinski definition) is 3. The van der Waals surface area contributed by atoms with Crippen LogP contribution in [-0.2, 0) is 9.59 Å². The summed E-state index contributed by atoms with van der Waals surface area (Å²) in [5.74, 6) is -2.45. The van der Waals surface area contributed by atoms with Crippen LogP contribution in [0.3, 0.4) is 0 Å². The molecule has 1 aromatic rings. The first kappa shape index (κ1) is 13.4. The molecule has 5 nitrogen and oxygen atoms in total. The molecule has 4 N–H and O–H groups in total. The predicted molar refractivity (Wildman–Crippen MR) is 60.3 cm³/mol. The number of amides is 1. The Balaban J connectivity index is 2.62. The van der Waals surface area contributed by atoms with E-state index in [9.17, 15) is 14.0 Å². The Morgan fingerprint density at radius 3 is 2.71 bits per heavy atom. The number of nitrogens with two attached hydrogens (primary N) is 1. The lowest BCUT2D eigenvalue weighted by Crippen LogP contribution is -2.34. The van der Waals surface area contributed by atoms with Crippen molar-refractivity contribution in [2.45, 2.75) is 12.5 Å². The van der Waals surface area contributed by atoms with Crippen molar-refractivity contribution in [2.75, 3.05) is 5.32 Å². The van der Waals surface area contributed by atoms with Gasteiger partial charge in [-0.1, -0.05) is 11.6 Å². The van der Waals surface area contributed by atoms with Crippen LogP contribution in [-0.4, -0.2) is 23.0 Å². The molecule has 1 amide bonds. The Morgan fingerprint density at radius 2 is 2.18 bits per heavy atom. The lowest BCUT2D eigenvalue weighted by molar-refractivity contribution is -0.140. The predicted octanol–water partition coefficient (Wildman–Crippen LogP) is 1.22. The number of halogens is 2. The van der Waals surface area contributed by atoms with Crippen molar-refractivity contribution in [1.82, 2.24) is 0 Å². The summed E-state index contributed by atoms with van der Waals surface area (Å²) in [6.07, 6.45) is -0.371. The second-order valence-corrected chi connectivity index (χ2v) is 3.73. The number of anilines is 1. The monoisotopic (exact) mass is 260 g/mol. The van der Waals surface area contributed by atoms with E-state index in [0.29, 0.717) is 0 Å². The third kappa shape index (κ3) is 4.01. The number of carbonyl (C=O) groups is 2. The summed E-state index contributed by atoms with van der Waals surface area (Å²) in [7, 11) is 0. The topological polar surface area (TPSA) is 92.4 Å². The van der Waals surface area contributed by atoms with Gasteiger partial charge in [-0.05, 0) is 18.2 Å². The Kier molecular flexibility index (Phi) is 4.42. The largest absolute Gasteiger partial charge is 0.480 e. The minimum absolute atomic E-state index is 0.134. The van der Waals surface area contributed by atoms with Gasteiger partial charge in [-0.15, -0.1) is 0 Å². The second-order valence-electron chi connectivity index (χ2n) is 3.33. The molecule has 0 heterocycles. The average molecular weight is 261 g/mol. The van der Waals surface area contributed by atoms with Gasteiger partial charge in [0, 0.05) is 5.69 Å². The molecule has 0 aromatic heterocycles. The molecule has 0 aliphatic heterocycles. The van der Waals surface area contributed by atoms with Gasteiger partial charge in [0.2, 0.25) is 5.91 Å². The van der Waals surface area contributed by atoms with Crippen molar-refractivity contribution < 1.29 is 19.1 Å². The highest BCUT2D eigenvalue weighted by molar-refractivity contribution is 6.31. The molecule has 92 valence electrons. The number of aliphatic carboxylic acids is 1. The first-order valence-corrected chi connectivity index (χ1v) is 5.01. The molecule has 0 saturated heterocycles. The second kappa shape index (κ2) is 5.60. The maximum absolute atomic E-state index is 12.8. The quantitative estimate of drug-likeness (QED) is 0.759. The van der Waals surface area contributed by atoms with Crippen LogP contribution in [0.4, 0.5) is 10.1 Å². The summed E-state index contributed by atoms with van der Waals surface area (Å²) < 4.78 is 12.8. The fourth-order valence-corrected chi connectivity index (χ4v) is 1.25. The van der Waals surface area contributed by atoms with Gasteiger partial charge in [-0.2, -0.15) is 0 Å². The SMILES string of the molecule is NC(CC(=O)Nc1ccc(F)c(Cl)c1)C(=O)O. The molecule has 1 unspecified atom stereocenters. The molecule has 0 aliphatic rings. The zero-order valence-electron chi connectivity index (χ0n) is 8.61. The van der Waals surface area contributed by atoms with Gasteiger partial charge >= 0.3 is 5.97 Å². The maximum atomic E-state index is 12.8. The molecule has 0 bridgehead atoms. The van der Waals surface area contributed by atoms with Gasteiger partial charge in [-0.25, -0.2) is 4.39 Å². The molecule has 0 spiro atoms. The summed E-state index contributed by atoms with van der Waals surface area (Å²) >= 11 is 5.51. The number of carboxylic acid groups (broad SMARTS) is 1. The van der Waals surface area contributed by atoms with Crippen molar-refractivity contribution in [3.8, 4) is 0 Å². The van der Waals surface area contributed by atoms with Crippen LogP contribution in [0.1, 0.15) is 6.42 Å². The van der Waals surface area contributed by atoms with E-state index in [2.05, 4.69) is 5.32 Å². The van der Waals surface area contributed by atoms with E-state index < -0.39 is 23.7 Å². The van der Waals surface area contributed by atoms with Crippen LogP contribution < -0.4 is 11.1 Å². The fraction of sp³-hybridized carbons (Fsp3) is 0.200. The lowest BCUT2D eigenvalue weighted by Gasteiger charge is -2.08. The van der Waals surface area contributed by atoms with Gasteiger partial charge in [0.1, 0.15) is 11.9 Å². The average Bonchev–Trinajstić information content (AvgIpc) is 2.23. The molecule has 1 rings (SSSR count). The summed E-state index contributed by atoms with van der Waals surface area (Å²) in [6, 6.07) is 2.35. The minimum atomic E-state index is -1.27. The van der Waals surface area contributed by atoms with Crippen molar-refractivity contribution in [2.24, 2.45) is 5.73 Å². The first-order valence-electron chi connectivity index (χ1n) is 4.63. The molecule has 0 radical (unpaired) electrons. The van der Waals surface area contributed by atoms with E-state index in [4.69, 9.17) is 22.4 Å². The summed E-state index contributed by atoms with van der Waals surface area (Å²) in [6.45, 7) is 0. The summed E-state index contributed by atoms with van der Waals surface area (Å²) in [4.78, 5) is 21.7. The molecule has 1 atom stereocenters. The summed E-state index contributed by atoms with van der Waals surface area (Å²) in [5, 5.41) is 10.7. The van der Waals surface area contributed by atoms with Gasteiger partial charge in [0.25, 0.3) is 0 Å². The van der Waals surface area contributed by atoms with Crippen molar-refractivity contribution >= 4 is 29.2 Å². The summed E-state index contributed by atoms with van der Waals surface area (Å²) in [5.41, 5.74) is 5.46. The van der Waals surface area contributed by atoms with E-state index in [-0.39, 0.29) is 17.1 Å². The third-order valence-corrected chi connectivity index (χ3v) is 2.22. The van der Waals surface area contributed by atoms with Crippen molar-refractivity contribution in [3.05, 3.63) is 29.0 Å². The van der Waals surface area contributed by atoms with Crippen LogP contribution in [0, 0.1) is 5.82 Å². The maximum Gasteiger partial charge on any atom is 0.321 e. The van der Waals surface area contributed by atoms with E-state index in [0.717, 1.165) is 6.07 Å². The number of benzene rings is 1. The normalized spacial score (nSPS) is 11.9. The smallest absolute Gasteiger partial charge is 0.321 e. The first-order chi connectivity index (χ1) is 7.90. The highest BCUT2D eigenvalue weighted by atomic mass is 35.5. The van der Waals surface area contributed by atoms with Crippen LogP contribution in [0.25, 0.3) is 0 Å². The van der Waals surface area contributed by atoms with Gasteiger partial charge in [0.05, 0.1) is 11.4 Å². The standard InChI is InChI=1S/C10H10ClFN2O3/c11-6-3-5(1-2-7(6)12)14-9(15)4-8(13)10(16)17/h1-3,8H,4,13H2,(H,14,15)(H,16,17). The van der Waals surface area contributed by atoms with E-state index >= 15 is 0 Å². The molecule has 1 aromatic carbocycles. The van der Waals surface area contributed by atoms with Gasteiger partial charge < -0.3 is 16.2 Å². The minimum Gasteiger partial charge on any atom is -0.480 e. The Bertz CT molecular complexity index is 453. The van der Waals surface area contributed by atoms with Crippen LogP contribution in [0.2, 0.25) is 5.02 Å². The number of carboxylic acids is 1. The highest BCUT2D eigenvalue weighted by Crippen LogP contribution is 2.19. The Morgan fingerprint density at radius 1 is 1.53 bits per heavy atom. The van der Waals surface area contributed by atoms with E-state index in [1.807, 2.05) is 0 Å². The molecule has 17 heavy (non-hydrogen) atoms. The van der Waals surface area contributed by atoms with Gasteiger partial charge in [0.15, 0.2) is 0 Å². The Hall–Kier alpha value is -1.66. The number of carbonyl (C=O) groups excluding carboxylic acids is 1. The van der Waals surface area contributed by atoms with E-state index in [1.165, 1.54) is 12.1 Å². The van der Waals surface area contributed by atoms with Gasteiger partial charge in [-0.3, -0.25) is 9.59 Å². The fourth-order valence-electron chi connectivity index (χ4n) is 1.07. The lowest BCUT2D eigenvalue weighted by atomic mass is 10.2. The molecule has 7 heteroatoms. The van der Waals surface area contributed by atoms with Crippen LogP contribution in [0.5, 0.6) is 0 Å². The Labute approximate surface area is 101 Å².